The molecule has 5 nitrogen and oxygen atoms in total. The molecule has 0 bridgehead atoms. The number of nitrogens with one attached hydrogen (secondary N) is 1. The molecule has 176 valence electrons. The zero-order valence-electron chi connectivity index (χ0n) is 20.5. The summed E-state index contributed by atoms with van der Waals surface area (Å²) in [5.74, 6) is 1.11. The summed E-state index contributed by atoms with van der Waals surface area (Å²) in [4.78, 5) is 26.9. The van der Waals surface area contributed by atoms with E-state index in [1.165, 1.54) is 0 Å². The number of allylic oxidation sites excluding steroid dienone is 4. The summed E-state index contributed by atoms with van der Waals surface area (Å²) in [6, 6.07) is 5.78. The van der Waals surface area contributed by atoms with E-state index >= 15 is 0 Å². The molecule has 0 saturated heterocycles. The molecule has 0 spiro atoms. The van der Waals surface area contributed by atoms with Gasteiger partial charge in [-0.15, -0.1) is 0 Å². The molecule has 33 heavy (non-hydrogen) atoms. The Balaban J connectivity index is 1.88. The zero-order valence-corrected chi connectivity index (χ0v) is 20.5. The third kappa shape index (κ3) is 4.50. The van der Waals surface area contributed by atoms with Crippen LogP contribution in [0.2, 0.25) is 0 Å². The Bertz CT molecular complexity index is 1020. The highest BCUT2D eigenvalue weighted by atomic mass is 16.5. The number of carbonyl (C=O) groups excluding carboxylic acids is 2. The lowest BCUT2D eigenvalue weighted by molar-refractivity contribution is -0.119. The van der Waals surface area contributed by atoms with Crippen molar-refractivity contribution in [3.05, 3.63) is 59.0 Å². The van der Waals surface area contributed by atoms with Crippen LogP contribution in [0.1, 0.15) is 71.8 Å². The Hall–Kier alpha value is -2.82. The van der Waals surface area contributed by atoms with Gasteiger partial charge >= 0.3 is 0 Å². The lowest BCUT2D eigenvalue weighted by Gasteiger charge is -2.44. The summed E-state index contributed by atoms with van der Waals surface area (Å²) < 4.78 is 11.7. The normalized spacial score (nSPS) is 21.8. The Morgan fingerprint density at radius 2 is 1.52 bits per heavy atom. The second kappa shape index (κ2) is 8.51. The molecule has 3 aliphatic rings. The molecule has 2 aliphatic carbocycles. The first-order valence-corrected chi connectivity index (χ1v) is 11.8. The van der Waals surface area contributed by atoms with Crippen LogP contribution in [0, 0.1) is 10.8 Å². The van der Waals surface area contributed by atoms with Crippen LogP contribution in [0.5, 0.6) is 11.5 Å². The summed E-state index contributed by atoms with van der Waals surface area (Å²) in [5, 5.41) is 3.56. The van der Waals surface area contributed by atoms with Gasteiger partial charge in [-0.05, 0) is 48.3 Å². The van der Waals surface area contributed by atoms with E-state index in [-0.39, 0.29) is 28.3 Å². The predicted molar refractivity (Wildman–Crippen MR) is 129 cm³/mol. The molecule has 4 rings (SSSR count). The Labute approximate surface area is 196 Å². The average molecular weight is 450 g/mol. The van der Waals surface area contributed by atoms with Crippen molar-refractivity contribution in [3.63, 3.8) is 0 Å². The average Bonchev–Trinajstić information content (AvgIpc) is 2.69. The molecule has 0 saturated carbocycles. The van der Waals surface area contributed by atoms with Gasteiger partial charge in [-0.3, -0.25) is 9.59 Å². The molecule has 1 aromatic carbocycles. The molecule has 0 radical (unpaired) electrons. The smallest absolute Gasteiger partial charge is 0.162 e. The van der Waals surface area contributed by atoms with Crippen molar-refractivity contribution in [2.24, 2.45) is 10.8 Å². The summed E-state index contributed by atoms with van der Waals surface area (Å²) in [5.41, 5.74) is 4.08. The summed E-state index contributed by atoms with van der Waals surface area (Å²) in [6.07, 6.45) is 4.22. The van der Waals surface area contributed by atoms with Crippen LogP contribution in [-0.2, 0) is 9.59 Å². The van der Waals surface area contributed by atoms with Crippen molar-refractivity contribution >= 4 is 11.6 Å². The molecule has 0 atom stereocenters. The first kappa shape index (κ1) is 23.3. The van der Waals surface area contributed by atoms with Gasteiger partial charge in [0.1, 0.15) is 6.61 Å². The van der Waals surface area contributed by atoms with Crippen LogP contribution in [0.15, 0.2) is 53.4 Å². The minimum atomic E-state index is -0.379. The largest absolute Gasteiger partial charge is 0.490 e. The fourth-order valence-electron chi connectivity index (χ4n) is 5.46. The number of dihydropyridines is 1. The van der Waals surface area contributed by atoms with Gasteiger partial charge in [0.05, 0.1) is 6.61 Å². The Kier molecular flexibility index (Phi) is 6.02. The van der Waals surface area contributed by atoms with Gasteiger partial charge in [0.15, 0.2) is 23.1 Å². The van der Waals surface area contributed by atoms with Crippen LogP contribution in [0.3, 0.4) is 0 Å². The van der Waals surface area contributed by atoms with Gasteiger partial charge in [-0.25, -0.2) is 0 Å². The van der Waals surface area contributed by atoms with Gasteiger partial charge in [0, 0.05) is 41.3 Å². The van der Waals surface area contributed by atoms with E-state index in [0.29, 0.717) is 37.6 Å². The highest BCUT2D eigenvalue weighted by Crippen LogP contribution is 2.51. The van der Waals surface area contributed by atoms with E-state index in [4.69, 9.17) is 9.47 Å². The van der Waals surface area contributed by atoms with E-state index in [0.717, 1.165) is 40.9 Å². The first-order chi connectivity index (χ1) is 15.5. The summed E-state index contributed by atoms with van der Waals surface area (Å²) >= 11 is 0. The van der Waals surface area contributed by atoms with Crippen LogP contribution in [0.25, 0.3) is 0 Å². The van der Waals surface area contributed by atoms with E-state index in [1.807, 2.05) is 25.1 Å². The molecule has 1 aliphatic heterocycles. The second-order valence-corrected chi connectivity index (χ2v) is 11.0. The molecule has 1 aromatic rings. The van der Waals surface area contributed by atoms with Crippen molar-refractivity contribution in [2.75, 3.05) is 13.2 Å². The maximum absolute atomic E-state index is 13.5. The number of ketones is 2. The highest BCUT2D eigenvalue weighted by molar-refractivity contribution is 6.06. The Morgan fingerprint density at radius 1 is 0.939 bits per heavy atom. The maximum atomic E-state index is 13.5. The van der Waals surface area contributed by atoms with Crippen molar-refractivity contribution < 1.29 is 19.1 Å². The van der Waals surface area contributed by atoms with Gasteiger partial charge < -0.3 is 14.8 Å². The van der Waals surface area contributed by atoms with Crippen LogP contribution in [0.4, 0.5) is 0 Å². The van der Waals surface area contributed by atoms with Crippen LogP contribution in [-0.4, -0.2) is 24.8 Å². The molecule has 0 aromatic heterocycles. The third-order valence-electron chi connectivity index (χ3n) is 6.68. The van der Waals surface area contributed by atoms with Gasteiger partial charge in [0.2, 0.25) is 0 Å². The SMILES string of the molecule is C=CCOc1ccc(C2C3=C(CC(C)(C)CC3=O)NC3=C2C(=O)CC(C)(C)C3)cc1OCC. The fraction of sp³-hybridized carbons (Fsp3) is 0.500. The lowest BCUT2D eigenvalue weighted by Crippen LogP contribution is -2.42. The second-order valence-electron chi connectivity index (χ2n) is 11.0. The number of hydrogen-bond acceptors (Lipinski definition) is 5. The number of benzene rings is 1. The Morgan fingerprint density at radius 3 is 2.03 bits per heavy atom. The van der Waals surface area contributed by atoms with E-state index in [1.54, 1.807) is 6.08 Å². The first-order valence-electron chi connectivity index (χ1n) is 11.8. The molecule has 1 N–H and O–H groups in total. The minimum absolute atomic E-state index is 0.113. The molecular formula is C28H35NO4. The number of Topliss-reactive ketones (excluding diaryl/α,β-unsaturated/α-hetero) is 2. The van der Waals surface area contributed by atoms with Crippen LogP contribution >= 0.6 is 0 Å². The van der Waals surface area contributed by atoms with E-state index in [9.17, 15) is 9.59 Å². The fourth-order valence-corrected chi connectivity index (χ4v) is 5.46. The minimum Gasteiger partial charge on any atom is -0.490 e. The number of hydrogen-bond donors (Lipinski definition) is 1. The van der Waals surface area contributed by atoms with Crippen molar-refractivity contribution in [2.45, 2.75) is 66.2 Å². The topological polar surface area (TPSA) is 64.6 Å². The number of ether oxygens (including phenoxy) is 2. The van der Waals surface area contributed by atoms with Crippen molar-refractivity contribution in [3.8, 4) is 11.5 Å². The summed E-state index contributed by atoms with van der Waals surface area (Å²) in [7, 11) is 0. The van der Waals surface area contributed by atoms with E-state index < -0.39 is 0 Å². The van der Waals surface area contributed by atoms with E-state index in [2.05, 4.69) is 39.6 Å². The molecule has 0 unspecified atom stereocenters. The van der Waals surface area contributed by atoms with Crippen molar-refractivity contribution in [1.29, 1.82) is 0 Å². The van der Waals surface area contributed by atoms with Gasteiger partial charge in [-0.1, -0.05) is 46.4 Å². The maximum Gasteiger partial charge on any atom is 0.162 e. The molecule has 0 amide bonds. The van der Waals surface area contributed by atoms with Gasteiger partial charge in [0.25, 0.3) is 0 Å². The lowest BCUT2D eigenvalue weighted by atomic mass is 9.64. The number of rotatable bonds is 6. The standard InChI is InChI=1S/C28H35NO4/c1-7-11-33-22-10-9-17(12-23(22)32-8-2)24-25-18(13-27(3,4)15-20(25)30)29-19-14-28(5,6)16-21(31)26(19)24/h7,9-10,12,24,29H,1,8,11,13-16H2,2-6H3. The molecule has 5 heteroatoms. The zero-order chi connectivity index (χ0) is 24.0. The molecule has 0 fully saturated rings. The highest BCUT2D eigenvalue weighted by Gasteiger charge is 2.46. The molecule has 1 heterocycles. The molecular weight excluding hydrogens is 414 g/mol. The summed E-state index contributed by atoms with van der Waals surface area (Å²) in [6.45, 7) is 15.0. The predicted octanol–water partition coefficient (Wildman–Crippen LogP) is 5.62. The third-order valence-corrected chi connectivity index (χ3v) is 6.68. The monoisotopic (exact) mass is 449 g/mol. The van der Waals surface area contributed by atoms with Crippen LogP contribution < -0.4 is 14.8 Å². The van der Waals surface area contributed by atoms with Gasteiger partial charge in [-0.2, -0.15) is 0 Å². The van der Waals surface area contributed by atoms with Crippen molar-refractivity contribution in [1.82, 2.24) is 5.32 Å². The quantitative estimate of drug-likeness (QED) is 0.571. The number of carbonyl (C=O) groups is 2.